The molecule has 0 bridgehead atoms. The first-order chi connectivity index (χ1) is 16.1. The van der Waals surface area contributed by atoms with E-state index in [1.807, 2.05) is 36.4 Å². The van der Waals surface area contributed by atoms with Crippen LogP contribution in [0.4, 0.5) is 0 Å². The number of benzene rings is 3. The monoisotopic (exact) mass is 550 g/mol. The maximum absolute atomic E-state index is 13.1. The Balaban J connectivity index is 0.000000481. The van der Waals surface area contributed by atoms with Crippen LogP contribution in [0.5, 0.6) is 5.75 Å². The van der Waals surface area contributed by atoms with Crippen LogP contribution in [0, 0.1) is 0 Å². The number of aromatic hydroxyl groups is 1. The van der Waals surface area contributed by atoms with E-state index in [-0.39, 0.29) is 5.75 Å². The number of nitrogens with zero attached hydrogens (tertiary/aromatic N) is 2. The highest BCUT2D eigenvalue weighted by Crippen LogP contribution is 2.26. The predicted octanol–water partition coefficient (Wildman–Crippen LogP) is 2.97. The Morgan fingerprint density at radius 1 is 0.853 bits per heavy atom. The van der Waals surface area contributed by atoms with Crippen molar-refractivity contribution in [3.63, 3.8) is 0 Å². The maximum atomic E-state index is 13.1. The molecule has 0 spiro atoms. The molecule has 0 aromatic heterocycles. The van der Waals surface area contributed by atoms with Crippen LogP contribution < -0.4 is 0 Å². The number of carboxylic acid groups (broad SMARTS) is 2. The summed E-state index contributed by atoms with van der Waals surface area (Å²) in [6.07, 6.45) is 0. The van der Waals surface area contributed by atoms with E-state index in [4.69, 9.17) is 19.8 Å². The van der Waals surface area contributed by atoms with E-state index >= 15 is 0 Å². The van der Waals surface area contributed by atoms with Gasteiger partial charge in [0.05, 0.1) is 4.90 Å². The van der Waals surface area contributed by atoms with Gasteiger partial charge in [-0.05, 0) is 41.1 Å². The Morgan fingerprint density at radius 3 is 2.09 bits per heavy atom. The van der Waals surface area contributed by atoms with E-state index < -0.39 is 22.0 Å². The number of hydrogen-bond donors (Lipinski definition) is 3. The van der Waals surface area contributed by atoms with E-state index in [0.717, 1.165) is 20.8 Å². The van der Waals surface area contributed by atoms with Crippen LogP contribution in [0.25, 0.3) is 10.8 Å². The smallest absolute Gasteiger partial charge is 0.414 e. The number of sulfonamides is 1. The number of halogens is 1. The Labute approximate surface area is 205 Å². The summed E-state index contributed by atoms with van der Waals surface area (Å²) in [7, 11) is -3.51. The minimum absolute atomic E-state index is 0.259. The summed E-state index contributed by atoms with van der Waals surface area (Å²) in [5.74, 6) is -3.39. The van der Waals surface area contributed by atoms with E-state index in [0.29, 0.717) is 37.6 Å². The third-order valence-electron chi connectivity index (χ3n) is 5.31. The lowest BCUT2D eigenvalue weighted by Gasteiger charge is -2.34. The van der Waals surface area contributed by atoms with Gasteiger partial charge < -0.3 is 15.3 Å². The van der Waals surface area contributed by atoms with Crippen LogP contribution in [0.1, 0.15) is 5.56 Å². The zero-order valence-electron chi connectivity index (χ0n) is 18.0. The molecule has 1 saturated heterocycles. The highest BCUT2D eigenvalue weighted by atomic mass is 79.9. The average Bonchev–Trinajstić information content (AvgIpc) is 2.82. The van der Waals surface area contributed by atoms with Crippen LogP contribution in [0.15, 0.2) is 70.0 Å². The van der Waals surface area contributed by atoms with Crippen molar-refractivity contribution >= 4 is 48.7 Å². The number of piperazine rings is 1. The molecule has 1 heterocycles. The molecule has 4 rings (SSSR count). The summed E-state index contributed by atoms with van der Waals surface area (Å²) in [6.45, 7) is 2.71. The minimum atomic E-state index is -3.51. The molecular formula is C23H23BrN2O7S. The van der Waals surface area contributed by atoms with Gasteiger partial charge in [-0.15, -0.1) is 0 Å². The second kappa shape index (κ2) is 11.0. The fraction of sp³-hybridized carbons (Fsp3) is 0.217. The number of rotatable bonds is 4. The van der Waals surface area contributed by atoms with E-state index in [9.17, 15) is 13.5 Å². The Kier molecular flexibility index (Phi) is 8.26. The van der Waals surface area contributed by atoms with Gasteiger partial charge in [-0.25, -0.2) is 18.0 Å². The van der Waals surface area contributed by atoms with Gasteiger partial charge in [-0.3, -0.25) is 4.90 Å². The molecule has 3 aromatic rings. The lowest BCUT2D eigenvalue weighted by Crippen LogP contribution is -2.48. The minimum Gasteiger partial charge on any atom is -0.508 e. The van der Waals surface area contributed by atoms with Crippen molar-refractivity contribution in [3.8, 4) is 5.75 Å². The largest absolute Gasteiger partial charge is 0.508 e. The highest BCUT2D eigenvalue weighted by molar-refractivity contribution is 9.10. The number of phenols is 1. The molecule has 0 atom stereocenters. The summed E-state index contributed by atoms with van der Waals surface area (Å²) in [5.41, 5.74) is 0.834. The van der Waals surface area contributed by atoms with Crippen molar-refractivity contribution in [2.24, 2.45) is 0 Å². The quantitative estimate of drug-likeness (QED) is 0.422. The summed E-state index contributed by atoms with van der Waals surface area (Å²) < 4.78 is 28.6. The summed E-state index contributed by atoms with van der Waals surface area (Å²) in [5, 5.41) is 26.8. The SMILES string of the molecule is O=C(O)C(=O)O.O=S(=O)(c1ccc2ccccc2c1)N1CCN(Cc2cc(Br)ccc2O)CC1. The standard InChI is InChI=1S/C21H21BrN2O3S.C2H2O4/c22-19-6-8-21(25)18(13-19)15-23-9-11-24(12-10-23)28(26,27)20-7-5-16-3-1-2-4-17(16)14-20;3-1(4)2(5)6/h1-8,13-14,25H,9-12,15H2;(H,3,4)(H,5,6). The van der Waals surface area contributed by atoms with Gasteiger partial charge >= 0.3 is 11.9 Å². The fourth-order valence-electron chi connectivity index (χ4n) is 3.53. The van der Waals surface area contributed by atoms with Crippen LogP contribution >= 0.6 is 15.9 Å². The maximum Gasteiger partial charge on any atom is 0.414 e. The van der Waals surface area contributed by atoms with Gasteiger partial charge in [-0.1, -0.05) is 46.3 Å². The van der Waals surface area contributed by atoms with Crippen LogP contribution in [0.2, 0.25) is 0 Å². The van der Waals surface area contributed by atoms with E-state index in [1.54, 1.807) is 28.6 Å². The topological polar surface area (TPSA) is 135 Å². The van der Waals surface area contributed by atoms with Crippen molar-refractivity contribution < 1.29 is 33.3 Å². The van der Waals surface area contributed by atoms with Gasteiger partial charge in [0.2, 0.25) is 10.0 Å². The fourth-order valence-corrected chi connectivity index (χ4v) is 5.39. The zero-order chi connectivity index (χ0) is 24.9. The molecule has 0 unspecified atom stereocenters. The van der Waals surface area contributed by atoms with Gasteiger partial charge in [0.25, 0.3) is 0 Å². The molecule has 180 valence electrons. The number of hydrogen-bond acceptors (Lipinski definition) is 6. The third-order valence-corrected chi connectivity index (χ3v) is 7.70. The molecule has 1 aliphatic rings. The van der Waals surface area contributed by atoms with Crippen molar-refractivity contribution in [1.29, 1.82) is 0 Å². The molecule has 0 aliphatic carbocycles. The molecule has 11 heteroatoms. The predicted molar refractivity (Wildman–Crippen MR) is 129 cm³/mol. The molecule has 3 aromatic carbocycles. The zero-order valence-corrected chi connectivity index (χ0v) is 20.4. The second-order valence-corrected chi connectivity index (χ2v) is 10.4. The summed E-state index contributed by atoms with van der Waals surface area (Å²) in [6, 6.07) is 18.4. The molecular weight excluding hydrogens is 528 g/mol. The van der Waals surface area contributed by atoms with Crippen molar-refractivity contribution in [3.05, 3.63) is 70.7 Å². The molecule has 9 nitrogen and oxygen atoms in total. The first kappa shape index (κ1) is 25.6. The average molecular weight is 551 g/mol. The second-order valence-electron chi connectivity index (χ2n) is 7.57. The number of aliphatic carboxylic acids is 2. The number of phenolic OH excluding ortho intramolecular Hbond substituents is 1. The number of carbonyl (C=O) groups is 2. The van der Waals surface area contributed by atoms with Gasteiger partial charge in [-0.2, -0.15) is 4.31 Å². The number of carboxylic acids is 2. The molecule has 1 aliphatic heterocycles. The van der Waals surface area contributed by atoms with Crippen molar-refractivity contribution in [1.82, 2.24) is 9.21 Å². The Morgan fingerprint density at radius 2 is 1.47 bits per heavy atom. The summed E-state index contributed by atoms with van der Waals surface area (Å²) >= 11 is 3.42. The van der Waals surface area contributed by atoms with Gasteiger partial charge in [0.1, 0.15) is 5.75 Å². The lowest BCUT2D eigenvalue weighted by molar-refractivity contribution is -0.159. The summed E-state index contributed by atoms with van der Waals surface area (Å²) in [4.78, 5) is 20.7. The van der Waals surface area contributed by atoms with E-state index in [2.05, 4.69) is 20.8 Å². The molecule has 0 radical (unpaired) electrons. The first-order valence-electron chi connectivity index (χ1n) is 10.2. The molecule has 0 saturated carbocycles. The van der Waals surface area contributed by atoms with Gasteiger partial charge in [0.15, 0.2) is 0 Å². The Bertz CT molecular complexity index is 1290. The van der Waals surface area contributed by atoms with Crippen molar-refractivity contribution in [2.75, 3.05) is 26.2 Å². The molecule has 34 heavy (non-hydrogen) atoms. The molecule has 0 amide bonds. The van der Waals surface area contributed by atoms with Crippen LogP contribution in [-0.2, 0) is 26.2 Å². The van der Waals surface area contributed by atoms with Crippen molar-refractivity contribution in [2.45, 2.75) is 11.4 Å². The Hall–Kier alpha value is -2.99. The molecule has 1 fully saturated rings. The van der Waals surface area contributed by atoms with E-state index in [1.165, 1.54) is 0 Å². The lowest BCUT2D eigenvalue weighted by atomic mass is 10.1. The number of fused-ring (bicyclic) bond motifs is 1. The normalized spacial score (nSPS) is 14.9. The van der Waals surface area contributed by atoms with Crippen LogP contribution in [0.3, 0.4) is 0 Å². The third kappa shape index (κ3) is 6.32. The first-order valence-corrected chi connectivity index (χ1v) is 12.5. The highest BCUT2D eigenvalue weighted by Gasteiger charge is 2.28. The molecule has 3 N–H and O–H groups in total. The van der Waals surface area contributed by atoms with Crippen LogP contribution in [-0.4, -0.2) is 71.1 Å². The van der Waals surface area contributed by atoms with Gasteiger partial charge in [0, 0.05) is 42.8 Å².